The summed E-state index contributed by atoms with van der Waals surface area (Å²) in [5.41, 5.74) is 3.63. The molecule has 3 aromatic carbocycles. The second-order valence-electron chi connectivity index (χ2n) is 7.86. The number of aryl methyl sites for hydroxylation is 2. The monoisotopic (exact) mass is 597 g/mol. The zero-order valence-corrected chi connectivity index (χ0v) is 22.0. The summed E-state index contributed by atoms with van der Waals surface area (Å²) in [6, 6.07) is 16.9. The van der Waals surface area contributed by atoms with Crippen molar-refractivity contribution in [3.63, 3.8) is 0 Å². The first-order valence-corrected chi connectivity index (χ1v) is 11.9. The number of nitrogens with one attached hydrogen (secondary N) is 2. The van der Waals surface area contributed by atoms with Crippen molar-refractivity contribution in [3.8, 4) is 23.3 Å². The van der Waals surface area contributed by atoms with Crippen molar-refractivity contribution in [3.05, 3.63) is 80.4 Å². The van der Waals surface area contributed by atoms with Crippen LogP contribution in [-0.4, -0.2) is 30.6 Å². The van der Waals surface area contributed by atoms with Gasteiger partial charge in [0.1, 0.15) is 17.4 Å². The third kappa shape index (κ3) is 6.99. The minimum absolute atomic E-state index is 0.0655. The minimum Gasteiger partial charge on any atom is -0.508 e. The molecule has 0 atom stereocenters. The summed E-state index contributed by atoms with van der Waals surface area (Å²) < 4.78 is 11.8. The SMILES string of the molecule is COc1cc(/C=C(\C#N)C(=O)Nc2ccc(O)cc2)cc(I)c1OCC(=O)Nc1ccc(C)cc1C. The number of halogens is 1. The van der Waals surface area contributed by atoms with Crippen LogP contribution in [0.3, 0.4) is 0 Å². The molecule has 0 fully saturated rings. The highest BCUT2D eigenvalue weighted by atomic mass is 127. The summed E-state index contributed by atoms with van der Waals surface area (Å²) >= 11 is 2.04. The van der Waals surface area contributed by atoms with Gasteiger partial charge in [-0.2, -0.15) is 5.26 Å². The Morgan fingerprint density at radius 2 is 1.81 bits per heavy atom. The van der Waals surface area contributed by atoms with E-state index in [2.05, 4.69) is 10.6 Å². The van der Waals surface area contributed by atoms with E-state index in [4.69, 9.17) is 9.47 Å². The average Bonchev–Trinajstić information content (AvgIpc) is 2.84. The molecular weight excluding hydrogens is 573 g/mol. The molecule has 9 heteroatoms. The van der Waals surface area contributed by atoms with Crippen LogP contribution in [0, 0.1) is 28.7 Å². The van der Waals surface area contributed by atoms with Gasteiger partial charge >= 0.3 is 0 Å². The molecule has 3 rings (SSSR count). The lowest BCUT2D eigenvalue weighted by molar-refractivity contribution is -0.118. The van der Waals surface area contributed by atoms with Crippen molar-refractivity contribution in [2.45, 2.75) is 13.8 Å². The summed E-state index contributed by atoms with van der Waals surface area (Å²) in [5.74, 6) is -0.125. The molecule has 0 bridgehead atoms. The Balaban J connectivity index is 1.73. The Morgan fingerprint density at radius 1 is 1.08 bits per heavy atom. The Morgan fingerprint density at radius 3 is 2.44 bits per heavy atom. The van der Waals surface area contributed by atoms with Crippen LogP contribution < -0.4 is 20.1 Å². The zero-order valence-electron chi connectivity index (χ0n) is 19.9. The highest BCUT2D eigenvalue weighted by Crippen LogP contribution is 2.34. The third-order valence-electron chi connectivity index (χ3n) is 5.06. The Labute approximate surface area is 222 Å². The highest BCUT2D eigenvalue weighted by molar-refractivity contribution is 14.1. The molecule has 0 saturated heterocycles. The number of benzene rings is 3. The quantitative estimate of drug-likeness (QED) is 0.142. The predicted octanol–water partition coefficient (Wildman–Crippen LogP) is 5.19. The number of amides is 2. The summed E-state index contributed by atoms with van der Waals surface area (Å²) in [6.45, 7) is 3.67. The molecule has 0 aliphatic carbocycles. The maximum atomic E-state index is 12.5. The Hall–Kier alpha value is -4.04. The van der Waals surface area contributed by atoms with Crippen molar-refractivity contribution < 1.29 is 24.2 Å². The van der Waals surface area contributed by atoms with Gasteiger partial charge in [0.25, 0.3) is 11.8 Å². The topological polar surface area (TPSA) is 121 Å². The molecule has 0 radical (unpaired) electrons. The second kappa shape index (κ2) is 12.1. The van der Waals surface area contributed by atoms with E-state index in [1.54, 1.807) is 12.1 Å². The van der Waals surface area contributed by atoms with E-state index >= 15 is 0 Å². The summed E-state index contributed by atoms with van der Waals surface area (Å²) in [7, 11) is 1.46. The van der Waals surface area contributed by atoms with E-state index in [0.29, 0.717) is 32.0 Å². The van der Waals surface area contributed by atoms with Crippen molar-refractivity contribution >= 4 is 51.9 Å². The molecule has 0 aliphatic heterocycles. The first kappa shape index (κ1) is 26.6. The molecule has 8 nitrogen and oxygen atoms in total. The lowest BCUT2D eigenvalue weighted by atomic mass is 10.1. The van der Waals surface area contributed by atoms with Crippen LogP contribution in [-0.2, 0) is 9.59 Å². The fraction of sp³-hybridized carbons (Fsp3) is 0.148. The van der Waals surface area contributed by atoms with Crippen LogP contribution in [0.1, 0.15) is 16.7 Å². The standard InChI is InChI=1S/C27H24IN3O5/c1-16-4-9-23(17(2)10-16)31-25(33)15-36-26-22(28)12-18(13-24(26)35-3)11-19(14-29)27(34)30-20-5-7-21(32)8-6-20/h4-13,32H,15H2,1-3H3,(H,30,34)(H,31,33)/b19-11+. The van der Waals surface area contributed by atoms with Crippen molar-refractivity contribution in [2.24, 2.45) is 0 Å². The molecule has 36 heavy (non-hydrogen) atoms. The van der Waals surface area contributed by atoms with Gasteiger partial charge < -0.3 is 25.2 Å². The smallest absolute Gasteiger partial charge is 0.266 e. The van der Waals surface area contributed by atoms with E-state index < -0.39 is 5.91 Å². The van der Waals surface area contributed by atoms with Gasteiger partial charge in [-0.15, -0.1) is 0 Å². The van der Waals surface area contributed by atoms with E-state index in [1.165, 1.54) is 37.5 Å². The number of methoxy groups -OCH3 is 1. The third-order valence-corrected chi connectivity index (χ3v) is 5.86. The van der Waals surface area contributed by atoms with E-state index in [9.17, 15) is 20.0 Å². The highest BCUT2D eigenvalue weighted by Gasteiger charge is 2.16. The molecule has 0 heterocycles. The summed E-state index contributed by atoms with van der Waals surface area (Å²) in [5, 5.41) is 24.3. The van der Waals surface area contributed by atoms with Crippen molar-refractivity contribution in [1.82, 2.24) is 0 Å². The normalized spacial score (nSPS) is 10.8. The Kier molecular flexibility index (Phi) is 8.91. The molecule has 3 aromatic rings. The zero-order chi connectivity index (χ0) is 26.2. The van der Waals surface area contributed by atoms with Gasteiger partial charge in [0.2, 0.25) is 0 Å². The van der Waals surface area contributed by atoms with Gasteiger partial charge in [0.15, 0.2) is 18.1 Å². The fourth-order valence-corrected chi connectivity index (χ4v) is 4.08. The lowest BCUT2D eigenvalue weighted by Gasteiger charge is -2.14. The van der Waals surface area contributed by atoms with Crippen molar-refractivity contribution in [1.29, 1.82) is 5.26 Å². The number of nitrogens with zero attached hydrogens (tertiary/aromatic N) is 1. The molecule has 2 amide bonds. The molecule has 0 spiro atoms. The van der Waals surface area contributed by atoms with Crippen molar-refractivity contribution in [2.75, 3.05) is 24.4 Å². The van der Waals surface area contributed by atoms with Crippen LogP contribution in [0.5, 0.6) is 17.2 Å². The number of nitriles is 1. The average molecular weight is 597 g/mol. The van der Waals surface area contributed by atoms with Gasteiger partial charge in [-0.3, -0.25) is 9.59 Å². The number of phenolic OH excluding ortho intramolecular Hbond substituents is 1. The Bertz CT molecular complexity index is 1360. The molecule has 3 N–H and O–H groups in total. The van der Waals surface area contributed by atoms with Crippen LogP contribution in [0.4, 0.5) is 11.4 Å². The van der Waals surface area contributed by atoms with Gasteiger partial charge in [-0.1, -0.05) is 17.7 Å². The number of rotatable bonds is 8. The second-order valence-corrected chi connectivity index (χ2v) is 9.02. The number of hydrogen-bond acceptors (Lipinski definition) is 6. The maximum absolute atomic E-state index is 12.5. The van der Waals surface area contributed by atoms with E-state index in [-0.39, 0.29) is 23.8 Å². The van der Waals surface area contributed by atoms with Crippen LogP contribution >= 0.6 is 22.6 Å². The first-order valence-electron chi connectivity index (χ1n) is 10.8. The molecule has 0 saturated carbocycles. The molecular formula is C27H24IN3O5. The van der Waals surface area contributed by atoms with Crippen LogP contribution in [0.2, 0.25) is 0 Å². The molecule has 0 unspecified atom stereocenters. The first-order chi connectivity index (χ1) is 17.2. The van der Waals surface area contributed by atoms with Gasteiger partial charge in [-0.25, -0.2) is 0 Å². The summed E-state index contributed by atoms with van der Waals surface area (Å²) in [6.07, 6.45) is 1.43. The van der Waals surface area contributed by atoms with Gasteiger partial charge in [-0.05, 0) is 96.1 Å². The molecule has 0 aliphatic rings. The van der Waals surface area contributed by atoms with Gasteiger partial charge in [0.05, 0.1) is 10.7 Å². The number of phenols is 1. The fourth-order valence-electron chi connectivity index (χ4n) is 3.30. The number of hydrogen-bond donors (Lipinski definition) is 3. The number of anilines is 2. The number of aromatic hydroxyl groups is 1. The minimum atomic E-state index is -0.597. The van der Waals surface area contributed by atoms with E-state index in [1.807, 2.05) is 60.7 Å². The summed E-state index contributed by atoms with van der Waals surface area (Å²) in [4.78, 5) is 25.0. The van der Waals surface area contributed by atoms with Crippen LogP contribution in [0.15, 0.2) is 60.2 Å². The predicted molar refractivity (Wildman–Crippen MR) is 146 cm³/mol. The number of ether oxygens (including phenoxy) is 2. The lowest BCUT2D eigenvalue weighted by Crippen LogP contribution is -2.21. The van der Waals surface area contributed by atoms with Gasteiger partial charge in [0, 0.05) is 11.4 Å². The van der Waals surface area contributed by atoms with E-state index in [0.717, 1.165) is 11.1 Å². The number of carbonyl (C=O) groups excluding carboxylic acids is 2. The maximum Gasteiger partial charge on any atom is 0.266 e. The van der Waals surface area contributed by atoms with Crippen LogP contribution in [0.25, 0.3) is 6.08 Å². The molecule has 0 aromatic heterocycles. The number of carbonyl (C=O) groups is 2. The molecule has 184 valence electrons. The largest absolute Gasteiger partial charge is 0.508 e.